The highest BCUT2D eigenvalue weighted by atomic mass is 19.4. The molecule has 1 aromatic rings. The Hall–Kier alpha value is -1.76. The van der Waals surface area contributed by atoms with Crippen LogP contribution in [0, 0.1) is 5.92 Å². The summed E-state index contributed by atoms with van der Waals surface area (Å²) in [6.45, 7) is 1.67. The quantitative estimate of drug-likeness (QED) is 0.928. The van der Waals surface area contributed by atoms with Crippen molar-refractivity contribution in [3.8, 4) is 5.75 Å². The molecule has 1 aromatic carbocycles. The Bertz CT molecular complexity index is 514. The molecule has 0 bridgehead atoms. The Labute approximate surface area is 127 Å². The molecule has 2 rings (SSSR count). The van der Waals surface area contributed by atoms with Crippen LogP contribution in [0.5, 0.6) is 5.75 Å². The molecule has 0 saturated carbocycles. The molecule has 0 aromatic heterocycles. The molecule has 1 N–H and O–H groups in total. The molecule has 1 fully saturated rings. The number of carbonyl (C=O) groups is 1. The normalized spacial score (nSPS) is 16.4. The van der Waals surface area contributed by atoms with Crippen LogP contribution in [-0.4, -0.2) is 37.3 Å². The Balaban J connectivity index is 2.04. The molecule has 0 aliphatic carbocycles. The van der Waals surface area contributed by atoms with Crippen LogP contribution in [0.25, 0.3) is 0 Å². The first-order valence-electron chi connectivity index (χ1n) is 7.16. The molecule has 0 spiro atoms. The van der Waals surface area contributed by atoms with Crippen LogP contribution in [0.1, 0.15) is 18.4 Å². The van der Waals surface area contributed by atoms with Crippen molar-refractivity contribution >= 4 is 5.91 Å². The van der Waals surface area contributed by atoms with Crippen LogP contribution in [0.15, 0.2) is 24.3 Å². The van der Waals surface area contributed by atoms with Crippen molar-refractivity contribution in [2.45, 2.75) is 25.7 Å². The lowest BCUT2D eigenvalue weighted by atomic mass is 9.96. The lowest BCUT2D eigenvalue weighted by Crippen LogP contribution is -2.39. The average Bonchev–Trinajstić information content (AvgIpc) is 2.48. The molecule has 122 valence electrons. The largest absolute Gasteiger partial charge is 0.573 e. The Morgan fingerprint density at radius 1 is 1.32 bits per heavy atom. The number of carbonyl (C=O) groups excluding carboxylic acids is 1. The van der Waals surface area contributed by atoms with Gasteiger partial charge in [0.25, 0.3) is 0 Å². The highest BCUT2D eigenvalue weighted by Crippen LogP contribution is 2.27. The molecule has 0 radical (unpaired) electrons. The van der Waals surface area contributed by atoms with Gasteiger partial charge in [0.15, 0.2) is 0 Å². The number of nitrogens with zero attached hydrogens (tertiary/aromatic N) is 1. The molecular formula is C15H19F3N2O2. The van der Waals surface area contributed by atoms with Crippen LogP contribution in [0.4, 0.5) is 13.2 Å². The third-order valence-electron chi connectivity index (χ3n) is 3.67. The zero-order valence-corrected chi connectivity index (χ0v) is 12.3. The third-order valence-corrected chi connectivity index (χ3v) is 3.67. The average molecular weight is 316 g/mol. The van der Waals surface area contributed by atoms with Crippen molar-refractivity contribution in [1.82, 2.24) is 10.2 Å². The van der Waals surface area contributed by atoms with E-state index in [1.54, 1.807) is 13.1 Å². The predicted octanol–water partition coefficient (Wildman–Crippen LogP) is 2.54. The van der Waals surface area contributed by atoms with Gasteiger partial charge in [-0.05, 0) is 32.0 Å². The summed E-state index contributed by atoms with van der Waals surface area (Å²) < 4.78 is 41.2. The van der Waals surface area contributed by atoms with Gasteiger partial charge in [-0.1, -0.05) is 18.2 Å². The highest BCUT2D eigenvalue weighted by Gasteiger charge is 2.32. The summed E-state index contributed by atoms with van der Waals surface area (Å²) in [5, 5.41) is 3.18. The SMILES string of the molecule is CN(Cc1ccccc1OC(F)(F)F)C(=O)C1CCNCC1. The summed E-state index contributed by atoms with van der Waals surface area (Å²) in [6.07, 6.45) is -3.23. The number of alkyl halides is 3. The van der Waals surface area contributed by atoms with E-state index in [1.807, 2.05) is 0 Å². The van der Waals surface area contributed by atoms with Gasteiger partial charge in [0.2, 0.25) is 5.91 Å². The number of ether oxygens (including phenoxy) is 1. The van der Waals surface area contributed by atoms with Crippen molar-refractivity contribution in [2.75, 3.05) is 20.1 Å². The number of benzene rings is 1. The van der Waals surface area contributed by atoms with E-state index < -0.39 is 6.36 Å². The number of piperidine rings is 1. The first-order valence-corrected chi connectivity index (χ1v) is 7.16. The van der Waals surface area contributed by atoms with Crippen molar-refractivity contribution in [3.05, 3.63) is 29.8 Å². The Morgan fingerprint density at radius 2 is 1.95 bits per heavy atom. The number of nitrogens with one attached hydrogen (secondary N) is 1. The molecule has 1 amide bonds. The number of amides is 1. The van der Waals surface area contributed by atoms with Crippen molar-refractivity contribution in [2.24, 2.45) is 5.92 Å². The van der Waals surface area contributed by atoms with Crippen molar-refractivity contribution in [3.63, 3.8) is 0 Å². The van der Waals surface area contributed by atoms with Gasteiger partial charge in [-0.25, -0.2) is 0 Å². The molecule has 7 heteroatoms. The smallest absolute Gasteiger partial charge is 0.405 e. The van der Waals surface area contributed by atoms with Gasteiger partial charge in [0, 0.05) is 25.1 Å². The highest BCUT2D eigenvalue weighted by molar-refractivity contribution is 5.78. The van der Waals surface area contributed by atoms with Crippen molar-refractivity contribution in [1.29, 1.82) is 0 Å². The van der Waals surface area contributed by atoms with E-state index in [0.29, 0.717) is 5.56 Å². The summed E-state index contributed by atoms with van der Waals surface area (Å²) in [5.41, 5.74) is 0.338. The Kier molecular flexibility index (Phi) is 5.28. The minimum Gasteiger partial charge on any atom is -0.405 e. The van der Waals surface area contributed by atoms with E-state index in [1.165, 1.54) is 23.1 Å². The minimum atomic E-state index is -4.74. The second-order valence-electron chi connectivity index (χ2n) is 5.37. The van der Waals surface area contributed by atoms with Crippen LogP contribution in [0.2, 0.25) is 0 Å². The summed E-state index contributed by atoms with van der Waals surface area (Å²) in [4.78, 5) is 13.8. The number of hydrogen-bond donors (Lipinski definition) is 1. The number of para-hydroxylation sites is 1. The fraction of sp³-hybridized carbons (Fsp3) is 0.533. The summed E-state index contributed by atoms with van der Waals surface area (Å²) in [6, 6.07) is 5.89. The zero-order chi connectivity index (χ0) is 16.2. The van der Waals surface area contributed by atoms with Gasteiger partial charge in [-0.2, -0.15) is 0 Å². The first kappa shape index (κ1) is 16.6. The van der Waals surface area contributed by atoms with Gasteiger partial charge in [-0.3, -0.25) is 4.79 Å². The van der Waals surface area contributed by atoms with Gasteiger partial charge in [0.05, 0.1) is 0 Å². The monoisotopic (exact) mass is 316 g/mol. The maximum Gasteiger partial charge on any atom is 0.573 e. The van der Waals surface area contributed by atoms with Crippen LogP contribution in [0.3, 0.4) is 0 Å². The standard InChI is InChI=1S/C15H19F3N2O2/c1-20(14(21)11-6-8-19-9-7-11)10-12-4-2-3-5-13(12)22-15(16,17)18/h2-5,11,19H,6-10H2,1H3. The minimum absolute atomic E-state index is 0.0386. The lowest BCUT2D eigenvalue weighted by molar-refractivity contribution is -0.275. The van der Waals surface area contributed by atoms with E-state index in [9.17, 15) is 18.0 Å². The van der Waals surface area contributed by atoms with Crippen LogP contribution in [-0.2, 0) is 11.3 Å². The molecule has 1 aliphatic rings. The number of hydrogen-bond acceptors (Lipinski definition) is 3. The number of halogens is 3. The van der Waals surface area contributed by atoms with Crippen molar-refractivity contribution < 1.29 is 22.7 Å². The molecule has 1 heterocycles. The van der Waals surface area contributed by atoms with Gasteiger partial charge in [0.1, 0.15) is 5.75 Å². The molecular weight excluding hydrogens is 297 g/mol. The first-order chi connectivity index (χ1) is 10.4. The van der Waals surface area contributed by atoms with E-state index in [-0.39, 0.29) is 24.1 Å². The summed E-state index contributed by atoms with van der Waals surface area (Å²) in [5.74, 6) is -0.370. The second kappa shape index (κ2) is 7.00. The third kappa shape index (κ3) is 4.62. The second-order valence-corrected chi connectivity index (χ2v) is 5.37. The molecule has 0 unspecified atom stereocenters. The van der Waals surface area contributed by atoms with Crippen LogP contribution >= 0.6 is 0 Å². The molecule has 4 nitrogen and oxygen atoms in total. The Morgan fingerprint density at radius 3 is 2.59 bits per heavy atom. The van der Waals surface area contributed by atoms with E-state index >= 15 is 0 Å². The molecule has 0 atom stereocenters. The van der Waals surface area contributed by atoms with E-state index in [2.05, 4.69) is 10.1 Å². The fourth-order valence-corrected chi connectivity index (χ4v) is 2.57. The molecule has 1 saturated heterocycles. The van der Waals surface area contributed by atoms with E-state index in [0.717, 1.165) is 25.9 Å². The summed E-state index contributed by atoms with van der Waals surface area (Å²) in [7, 11) is 1.61. The van der Waals surface area contributed by atoms with Gasteiger partial charge >= 0.3 is 6.36 Å². The number of rotatable bonds is 4. The topological polar surface area (TPSA) is 41.6 Å². The zero-order valence-electron chi connectivity index (χ0n) is 12.3. The molecule has 22 heavy (non-hydrogen) atoms. The van der Waals surface area contributed by atoms with Gasteiger partial charge < -0.3 is 15.0 Å². The maximum absolute atomic E-state index is 12.4. The summed E-state index contributed by atoms with van der Waals surface area (Å²) >= 11 is 0. The predicted molar refractivity (Wildman–Crippen MR) is 75.2 cm³/mol. The van der Waals surface area contributed by atoms with E-state index in [4.69, 9.17) is 0 Å². The van der Waals surface area contributed by atoms with Crippen LogP contribution < -0.4 is 10.1 Å². The fourth-order valence-electron chi connectivity index (χ4n) is 2.57. The van der Waals surface area contributed by atoms with Gasteiger partial charge in [-0.15, -0.1) is 13.2 Å². The molecule has 1 aliphatic heterocycles. The lowest BCUT2D eigenvalue weighted by Gasteiger charge is -2.27. The maximum atomic E-state index is 12.4.